The van der Waals surface area contributed by atoms with Gasteiger partial charge in [0.1, 0.15) is 0 Å². The summed E-state index contributed by atoms with van der Waals surface area (Å²) in [5, 5.41) is 0. The minimum absolute atomic E-state index is 0.150. The van der Waals surface area contributed by atoms with E-state index in [1.165, 1.54) is 19.3 Å². The van der Waals surface area contributed by atoms with Crippen molar-refractivity contribution in [3.63, 3.8) is 0 Å². The molecule has 0 radical (unpaired) electrons. The summed E-state index contributed by atoms with van der Waals surface area (Å²) in [4.78, 5) is 0.355. The van der Waals surface area contributed by atoms with Gasteiger partial charge in [0.05, 0.1) is 4.90 Å². The number of sulfonamides is 1. The zero-order chi connectivity index (χ0) is 12.8. The van der Waals surface area contributed by atoms with Gasteiger partial charge < -0.3 is 0 Å². The van der Waals surface area contributed by atoms with Gasteiger partial charge in [0.25, 0.3) is 0 Å². The Morgan fingerprint density at radius 3 is 2.39 bits per heavy atom. The molecule has 3 atom stereocenters. The lowest BCUT2D eigenvalue weighted by molar-refractivity contribution is 0.390. The van der Waals surface area contributed by atoms with Gasteiger partial charge in [0.15, 0.2) is 0 Å². The molecule has 98 valence electrons. The Hall–Kier alpha value is -0.390. The number of hydrogen-bond acceptors (Lipinski definition) is 2. The van der Waals surface area contributed by atoms with Crippen LogP contribution in [0.3, 0.4) is 0 Å². The summed E-state index contributed by atoms with van der Waals surface area (Å²) in [5.41, 5.74) is 0. The summed E-state index contributed by atoms with van der Waals surface area (Å²) in [6.45, 7) is 0. The van der Waals surface area contributed by atoms with Crippen LogP contribution in [0.5, 0.6) is 0 Å². The lowest BCUT2D eigenvalue weighted by Gasteiger charge is -2.22. The molecule has 5 heteroatoms. The minimum atomic E-state index is -3.35. The van der Waals surface area contributed by atoms with Gasteiger partial charge in [-0.1, -0.05) is 22.4 Å². The van der Waals surface area contributed by atoms with Crippen LogP contribution in [0.25, 0.3) is 0 Å². The zero-order valence-corrected chi connectivity index (χ0v) is 12.4. The first-order valence-corrected chi connectivity index (χ1v) is 8.60. The van der Waals surface area contributed by atoms with E-state index in [0.717, 1.165) is 16.8 Å². The van der Waals surface area contributed by atoms with Crippen molar-refractivity contribution in [2.45, 2.75) is 36.6 Å². The van der Waals surface area contributed by atoms with Crippen LogP contribution < -0.4 is 4.72 Å². The highest BCUT2D eigenvalue weighted by Gasteiger charge is 2.41. The summed E-state index contributed by atoms with van der Waals surface area (Å²) in [7, 11) is -3.35. The van der Waals surface area contributed by atoms with Crippen molar-refractivity contribution in [3.05, 3.63) is 28.7 Å². The van der Waals surface area contributed by atoms with Crippen LogP contribution in [0, 0.1) is 11.8 Å². The Morgan fingerprint density at radius 2 is 1.83 bits per heavy atom. The first kappa shape index (κ1) is 12.6. The molecule has 0 spiro atoms. The molecule has 3 rings (SSSR count). The van der Waals surface area contributed by atoms with Crippen molar-refractivity contribution in [1.29, 1.82) is 0 Å². The molecule has 18 heavy (non-hydrogen) atoms. The number of benzene rings is 1. The fraction of sp³-hybridized carbons (Fsp3) is 0.538. The highest BCUT2D eigenvalue weighted by molar-refractivity contribution is 9.10. The zero-order valence-electron chi connectivity index (χ0n) is 9.97. The second kappa shape index (κ2) is 4.62. The van der Waals surface area contributed by atoms with Crippen molar-refractivity contribution in [2.75, 3.05) is 0 Å². The van der Waals surface area contributed by atoms with E-state index in [-0.39, 0.29) is 6.04 Å². The molecule has 0 aliphatic heterocycles. The molecule has 0 aromatic heterocycles. The van der Waals surface area contributed by atoms with Gasteiger partial charge in [-0.25, -0.2) is 13.1 Å². The van der Waals surface area contributed by atoms with Crippen LogP contribution in [0.2, 0.25) is 0 Å². The Bertz CT molecular complexity index is 541. The Kier molecular flexibility index (Phi) is 3.24. The molecule has 3 nitrogen and oxygen atoms in total. The SMILES string of the molecule is O=S(=O)(N[C@H]1C[C@@H]2CC[C@H]1C2)c1ccc(Br)cc1. The summed E-state index contributed by atoms with van der Waals surface area (Å²) in [5.74, 6) is 1.30. The quantitative estimate of drug-likeness (QED) is 0.926. The number of hydrogen-bond donors (Lipinski definition) is 1. The fourth-order valence-corrected chi connectivity index (χ4v) is 4.85. The van der Waals surface area contributed by atoms with Crippen LogP contribution in [-0.4, -0.2) is 14.5 Å². The molecule has 0 unspecified atom stereocenters. The highest BCUT2D eigenvalue weighted by Crippen LogP contribution is 2.44. The first-order chi connectivity index (χ1) is 8.54. The molecule has 1 aromatic carbocycles. The van der Waals surface area contributed by atoms with Gasteiger partial charge in [-0.05, 0) is 55.4 Å². The fourth-order valence-electron chi connectivity index (χ4n) is 3.27. The second-order valence-electron chi connectivity index (χ2n) is 5.36. The van der Waals surface area contributed by atoms with Crippen LogP contribution in [0.1, 0.15) is 25.7 Å². The monoisotopic (exact) mass is 329 g/mol. The number of fused-ring (bicyclic) bond motifs is 2. The maximum absolute atomic E-state index is 12.2. The van der Waals surface area contributed by atoms with Crippen molar-refractivity contribution in [2.24, 2.45) is 11.8 Å². The van der Waals surface area contributed by atoms with Crippen molar-refractivity contribution >= 4 is 26.0 Å². The van der Waals surface area contributed by atoms with Crippen molar-refractivity contribution in [1.82, 2.24) is 4.72 Å². The third-order valence-electron chi connectivity index (χ3n) is 4.17. The van der Waals surface area contributed by atoms with E-state index < -0.39 is 10.0 Å². The number of nitrogens with one attached hydrogen (secondary N) is 1. The maximum atomic E-state index is 12.2. The first-order valence-electron chi connectivity index (χ1n) is 6.32. The topological polar surface area (TPSA) is 46.2 Å². The van der Waals surface area contributed by atoms with E-state index >= 15 is 0 Å². The molecule has 0 saturated heterocycles. The smallest absolute Gasteiger partial charge is 0.208 e. The van der Waals surface area contributed by atoms with Crippen LogP contribution >= 0.6 is 15.9 Å². The van der Waals surface area contributed by atoms with E-state index in [4.69, 9.17) is 0 Å². The van der Waals surface area contributed by atoms with Gasteiger partial charge in [0, 0.05) is 10.5 Å². The Balaban J connectivity index is 1.77. The van der Waals surface area contributed by atoms with E-state index in [2.05, 4.69) is 20.7 Å². The van der Waals surface area contributed by atoms with Gasteiger partial charge in [0.2, 0.25) is 10.0 Å². The molecular formula is C13H16BrNO2S. The predicted molar refractivity (Wildman–Crippen MR) is 73.7 cm³/mol. The van der Waals surface area contributed by atoms with E-state index in [0.29, 0.717) is 10.8 Å². The molecule has 1 N–H and O–H groups in total. The Labute approximate surface area is 116 Å². The molecule has 1 aromatic rings. The van der Waals surface area contributed by atoms with Crippen LogP contribution in [0.4, 0.5) is 0 Å². The summed E-state index contributed by atoms with van der Waals surface area (Å²) in [6, 6.07) is 6.95. The average Bonchev–Trinajstić information content (AvgIpc) is 2.91. The normalized spacial score (nSPS) is 30.8. The van der Waals surface area contributed by atoms with Crippen LogP contribution in [-0.2, 0) is 10.0 Å². The second-order valence-corrected chi connectivity index (χ2v) is 7.99. The van der Waals surface area contributed by atoms with Crippen LogP contribution in [0.15, 0.2) is 33.6 Å². The van der Waals surface area contributed by atoms with E-state index in [1.54, 1.807) is 24.3 Å². The van der Waals surface area contributed by atoms with Gasteiger partial charge >= 0.3 is 0 Å². The summed E-state index contributed by atoms with van der Waals surface area (Å²) >= 11 is 3.31. The molecule has 2 fully saturated rings. The van der Waals surface area contributed by atoms with Gasteiger partial charge in [-0.2, -0.15) is 0 Å². The minimum Gasteiger partial charge on any atom is -0.208 e. The lowest BCUT2D eigenvalue weighted by Crippen LogP contribution is -2.38. The Morgan fingerprint density at radius 1 is 1.11 bits per heavy atom. The summed E-state index contributed by atoms with van der Waals surface area (Å²) in [6.07, 6.45) is 4.67. The molecule has 2 bridgehead atoms. The van der Waals surface area contributed by atoms with Gasteiger partial charge in [-0.3, -0.25) is 0 Å². The predicted octanol–water partition coefficient (Wildman–Crippen LogP) is 2.92. The van der Waals surface area contributed by atoms with E-state index in [9.17, 15) is 8.42 Å². The molecule has 2 aliphatic carbocycles. The molecular weight excluding hydrogens is 314 g/mol. The third-order valence-corrected chi connectivity index (χ3v) is 6.20. The third kappa shape index (κ3) is 2.36. The van der Waals surface area contributed by atoms with Crippen molar-refractivity contribution < 1.29 is 8.42 Å². The molecule has 0 heterocycles. The average molecular weight is 330 g/mol. The molecule has 2 aliphatic rings. The molecule has 0 amide bonds. The molecule has 2 saturated carbocycles. The maximum Gasteiger partial charge on any atom is 0.240 e. The number of rotatable bonds is 3. The lowest BCUT2D eigenvalue weighted by atomic mass is 9.96. The number of halogens is 1. The highest BCUT2D eigenvalue weighted by atomic mass is 79.9. The standard InChI is InChI=1S/C13H16BrNO2S/c14-11-3-5-12(6-4-11)18(16,17)15-13-8-9-1-2-10(13)7-9/h3-6,9-10,13,15H,1-2,7-8H2/t9-,10+,13+/m1/s1. The van der Waals surface area contributed by atoms with E-state index in [1.807, 2.05) is 0 Å². The largest absolute Gasteiger partial charge is 0.240 e. The van der Waals surface area contributed by atoms with Crippen molar-refractivity contribution in [3.8, 4) is 0 Å². The van der Waals surface area contributed by atoms with Gasteiger partial charge in [-0.15, -0.1) is 0 Å². The summed E-state index contributed by atoms with van der Waals surface area (Å²) < 4.78 is 28.3.